The molecule has 1 aliphatic heterocycles. The maximum absolute atomic E-state index is 13.4. The molecule has 1 N–H and O–H groups in total. The summed E-state index contributed by atoms with van der Waals surface area (Å²) in [6.07, 6.45) is 2.64. The van der Waals surface area contributed by atoms with Crippen LogP contribution in [0.5, 0.6) is 0 Å². The van der Waals surface area contributed by atoms with Crippen LogP contribution >= 0.6 is 0 Å². The van der Waals surface area contributed by atoms with Crippen LogP contribution in [-0.4, -0.2) is 41.8 Å². The van der Waals surface area contributed by atoms with E-state index in [1.165, 1.54) is 0 Å². The van der Waals surface area contributed by atoms with Crippen molar-refractivity contribution in [2.45, 2.75) is 44.2 Å². The Labute approximate surface area is 163 Å². The van der Waals surface area contributed by atoms with Crippen molar-refractivity contribution < 1.29 is 19.1 Å². The molecule has 1 saturated carbocycles. The molecule has 6 heteroatoms. The van der Waals surface area contributed by atoms with Gasteiger partial charge in [0.05, 0.1) is 19.3 Å². The lowest BCUT2D eigenvalue weighted by Gasteiger charge is -2.41. The van der Waals surface area contributed by atoms with E-state index < -0.39 is 17.8 Å². The van der Waals surface area contributed by atoms with Crippen molar-refractivity contribution in [1.82, 2.24) is 4.90 Å². The molecule has 2 aliphatic rings. The predicted molar refractivity (Wildman–Crippen MR) is 103 cm³/mol. The summed E-state index contributed by atoms with van der Waals surface area (Å²) in [6.45, 7) is 2.23. The van der Waals surface area contributed by atoms with E-state index in [-0.39, 0.29) is 24.0 Å². The number of aryl methyl sites for hydroxylation is 1. The van der Waals surface area contributed by atoms with E-state index in [0.717, 1.165) is 24.8 Å². The minimum atomic E-state index is -0.578. The van der Waals surface area contributed by atoms with Crippen molar-refractivity contribution in [1.29, 1.82) is 0 Å². The van der Waals surface area contributed by atoms with Crippen molar-refractivity contribution >= 4 is 5.91 Å². The van der Waals surface area contributed by atoms with Crippen molar-refractivity contribution in [2.75, 3.05) is 19.8 Å². The minimum absolute atomic E-state index is 0.0718. The molecule has 28 heavy (non-hydrogen) atoms. The van der Waals surface area contributed by atoms with Crippen LogP contribution in [-0.2, 0) is 4.74 Å². The van der Waals surface area contributed by atoms with Gasteiger partial charge in [-0.15, -0.1) is 0 Å². The van der Waals surface area contributed by atoms with Crippen LogP contribution in [0.4, 0.5) is 0 Å². The molecule has 0 unspecified atom stereocenters. The van der Waals surface area contributed by atoms with Gasteiger partial charge >= 0.3 is 5.63 Å². The Morgan fingerprint density at radius 1 is 1.25 bits per heavy atom. The minimum Gasteiger partial charge on any atom is -0.427 e. The fraction of sp³-hybridized carbons (Fsp3) is 0.455. The first kappa shape index (κ1) is 18.9. The first-order valence-corrected chi connectivity index (χ1v) is 9.83. The summed E-state index contributed by atoms with van der Waals surface area (Å²) in [5.41, 5.74) is 0.998. The largest absolute Gasteiger partial charge is 0.427 e. The molecule has 2 aromatic rings. The van der Waals surface area contributed by atoms with Crippen molar-refractivity contribution in [3.8, 4) is 0 Å². The molecule has 1 amide bonds. The summed E-state index contributed by atoms with van der Waals surface area (Å²) < 4.78 is 11.2. The van der Waals surface area contributed by atoms with Crippen molar-refractivity contribution in [3.63, 3.8) is 0 Å². The summed E-state index contributed by atoms with van der Waals surface area (Å²) in [7, 11) is 0. The van der Waals surface area contributed by atoms with Crippen LogP contribution in [0.3, 0.4) is 0 Å². The van der Waals surface area contributed by atoms with Gasteiger partial charge in [-0.05, 0) is 37.0 Å². The zero-order valence-corrected chi connectivity index (χ0v) is 16.0. The van der Waals surface area contributed by atoms with Crippen LogP contribution in [0.15, 0.2) is 45.6 Å². The zero-order chi connectivity index (χ0) is 19.7. The first-order chi connectivity index (χ1) is 13.6. The maximum Gasteiger partial charge on any atom is 0.349 e. The van der Waals surface area contributed by atoms with E-state index in [1.54, 1.807) is 11.8 Å². The van der Waals surface area contributed by atoms with Crippen LogP contribution in [0, 0.1) is 6.92 Å². The lowest BCUT2D eigenvalue weighted by molar-refractivity contribution is -0.0812. The number of hydrogen-bond acceptors (Lipinski definition) is 5. The summed E-state index contributed by atoms with van der Waals surface area (Å²) in [4.78, 5) is 27.7. The smallest absolute Gasteiger partial charge is 0.349 e. The number of carbonyl (C=O) groups is 1. The highest BCUT2D eigenvalue weighted by molar-refractivity contribution is 5.95. The maximum atomic E-state index is 13.4. The zero-order valence-electron chi connectivity index (χ0n) is 16.0. The van der Waals surface area contributed by atoms with Gasteiger partial charge < -0.3 is 19.2 Å². The number of rotatable bonds is 4. The number of ether oxygens (including phenoxy) is 1. The summed E-state index contributed by atoms with van der Waals surface area (Å²) >= 11 is 0. The average Bonchev–Trinajstić information content (AvgIpc) is 2.66. The Bertz CT molecular complexity index is 903. The molecule has 4 rings (SSSR count). The fourth-order valence-corrected chi connectivity index (χ4v) is 4.09. The van der Waals surface area contributed by atoms with Gasteiger partial charge in [0.1, 0.15) is 17.4 Å². The second-order valence-corrected chi connectivity index (χ2v) is 7.57. The molecule has 1 aliphatic carbocycles. The third-order valence-electron chi connectivity index (χ3n) is 5.82. The molecule has 1 aromatic carbocycles. The van der Waals surface area contributed by atoms with E-state index >= 15 is 0 Å². The van der Waals surface area contributed by atoms with E-state index in [4.69, 9.17) is 9.15 Å². The van der Waals surface area contributed by atoms with Gasteiger partial charge in [-0.2, -0.15) is 0 Å². The Kier molecular flexibility index (Phi) is 5.33. The van der Waals surface area contributed by atoms with E-state index in [1.807, 2.05) is 36.4 Å². The van der Waals surface area contributed by atoms with E-state index in [0.29, 0.717) is 24.5 Å². The van der Waals surface area contributed by atoms with Gasteiger partial charge in [0.25, 0.3) is 5.91 Å². The highest BCUT2D eigenvalue weighted by Crippen LogP contribution is 2.36. The lowest BCUT2D eigenvalue weighted by Crippen LogP contribution is -2.50. The highest BCUT2D eigenvalue weighted by atomic mass is 16.5. The Morgan fingerprint density at radius 3 is 2.61 bits per heavy atom. The van der Waals surface area contributed by atoms with Crippen LogP contribution in [0.2, 0.25) is 0 Å². The van der Waals surface area contributed by atoms with Gasteiger partial charge in [-0.1, -0.05) is 36.8 Å². The van der Waals surface area contributed by atoms with Crippen molar-refractivity contribution in [3.05, 3.63) is 69.3 Å². The van der Waals surface area contributed by atoms with Gasteiger partial charge in [-0.25, -0.2) is 4.79 Å². The summed E-state index contributed by atoms with van der Waals surface area (Å²) in [5, 5.41) is 9.79. The number of morpholine rings is 1. The summed E-state index contributed by atoms with van der Waals surface area (Å²) in [6, 6.07) is 10.8. The van der Waals surface area contributed by atoms with Crippen LogP contribution in [0.25, 0.3) is 0 Å². The Balaban J connectivity index is 1.70. The molecule has 2 heterocycles. The van der Waals surface area contributed by atoms with Gasteiger partial charge in [0.15, 0.2) is 0 Å². The highest BCUT2D eigenvalue weighted by Gasteiger charge is 2.38. The lowest BCUT2D eigenvalue weighted by atomic mass is 9.83. The third-order valence-corrected chi connectivity index (χ3v) is 5.82. The number of aliphatic hydroxyl groups excluding tert-OH is 1. The number of amides is 1. The second kappa shape index (κ2) is 7.89. The normalized spacial score (nSPS) is 22.7. The number of benzene rings is 1. The van der Waals surface area contributed by atoms with Crippen LogP contribution < -0.4 is 5.63 Å². The Morgan fingerprint density at radius 2 is 2.00 bits per heavy atom. The van der Waals surface area contributed by atoms with Gasteiger partial charge in [0.2, 0.25) is 0 Å². The van der Waals surface area contributed by atoms with Gasteiger partial charge in [-0.3, -0.25) is 4.79 Å². The molecule has 148 valence electrons. The molecule has 1 saturated heterocycles. The molecule has 2 atom stereocenters. The quantitative estimate of drug-likeness (QED) is 0.878. The van der Waals surface area contributed by atoms with Crippen LogP contribution in [0.1, 0.15) is 58.5 Å². The number of carbonyl (C=O) groups excluding carboxylic acids is 1. The molecule has 0 spiro atoms. The van der Waals surface area contributed by atoms with E-state index in [2.05, 4.69) is 0 Å². The summed E-state index contributed by atoms with van der Waals surface area (Å²) in [5.74, 6) is 0.594. The molecule has 1 aromatic heterocycles. The SMILES string of the molecule is Cc1cc(C2CCC2)oc(=O)c1C(=O)N1CCO[C@@H](CO)[C@@H]1c1ccccc1. The molecule has 0 bridgehead atoms. The molecule has 2 fully saturated rings. The topological polar surface area (TPSA) is 80.0 Å². The van der Waals surface area contributed by atoms with E-state index in [9.17, 15) is 14.7 Å². The predicted octanol–water partition coefficient (Wildman–Crippen LogP) is 2.79. The fourth-order valence-electron chi connectivity index (χ4n) is 4.09. The van der Waals surface area contributed by atoms with Crippen molar-refractivity contribution in [2.24, 2.45) is 0 Å². The molecular formula is C22H25NO5. The third kappa shape index (κ3) is 3.38. The molecule has 0 radical (unpaired) electrons. The number of hydrogen-bond donors (Lipinski definition) is 1. The molecule has 6 nitrogen and oxygen atoms in total. The average molecular weight is 383 g/mol. The monoisotopic (exact) mass is 383 g/mol. The van der Waals surface area contributed by atoms with Gasteiger partial charge in [0, 0.05) is 12.5 Å². The number of nitrogens with zero attached hydrogens (tertiary/aromatic N) is 1. The first-order valence-electron chi connectivity index (χ1n) is 9.83. The standard InChI is InChI=1S/C22H25NO5/c1-14-12-17(15-8-5-9-15)28-22(26)19(14)21(25)23-10-11-27-18(13-24)20(23)16-6-3-2-4-7-16/h2-4,6-7,12,15,18,20,24H,5,8-11,13H2,1H3/t18-,20-/m0/s1. The second-order valence-electron chi connectivity index (χ2n) is 7.57. The molecular weight excluding hydrogens is 358 g/mol. The number of aliphatic hydroxyl groups is 1. The Hall–Kier alpha value is -2.44.